The zero-order valence-corrected chi connectivity index (χ0v) is 11.7. The number of furan rings is 1. The molecule has 1 unspecified atom stereocenters. The number of carbonyl (C=O) groups is 1. The summed E-state index contributed by atoms with van der Waals surface area (Å²) in [6.45, 7) is 2.24. The summed E-state index contributed by atoms with van der Waals surface area (Å²) >= 11 is 0. The average molecular weight is 277 g/mol. The Morgan fingerprint density at radius 3 is 2.90 bits per heavy atom. The van der Waals surface area contributed by atoms with Gasteiger partial charge in [0.15, 0.2) is 5.76 Å². The van der Waals surface area contributed by atoms with Crippen LogP contribution >= 0.6 is 0 Å². The molecule has 108 valence electrons. The van der Waals surface area contributed by atoms with E-state index >= 15 is 0 Å². The molecule has 0 saturated carbocycles. The first-order valence-corrected chi connectivity index (χ1v) is 6.50. The zero-order valence-electron chi connectivity index (χ0n) is 11.7. The third-order valence-corrected chi connectivity index (χ3v) is 3.12. The minimum absolute atomic E-state index is 0.145. The third kappa shape index (κ3) is 3.59. The number of amides is 1. The van der Waals surface area contributed by atoms with Crippen LogP contribution in [0.4, 0.5) is 0 Å². The number of rotatable bonds is 6. The van der Waals surface area contributed by atoms with Crippen LogP contribution < -0.4 is 5.32 Å². The molecule has 0 fully saturated rings. The molecule has 1 heterocycles. The van der Waals surface area contributed by atoms with Crippen LogP contribution in [0, 0.1) is 0 Å². The lowest BCUT2D eigenvalue weighted by Crippen LogP contribution is -2.41. The number of fused-ring (bicyclic) bond motifs is 1. The van der Waals surface area contributed by atoms with Crippen molar-refractivity contribution in [2.45, 2.75) is 18.9 Å². The predicted molar refractivity (Wildman–Crippen MR) is 75.7 cm³/mol. The summed E-state index contributed by atoms with van der Waals surface area (Å²) < 4.78 is 10.4. The van der Waals surface area contributed by atoms with Crippen molar-refractivity contribution in [3.8, 4) is 0 Å². The number of para-hydroxylation sites is 1. The second-order valence-corrected chi connectivity index (χ2v) is 5.07. The molecule has 0 bridgehead atoms. The molecule has 0 radical (unpaired) electrons. The molecule has 5 nitrogen and oxygen atoms in total. The van der Waals surface area contributed by atoms with E-state index in [1.165, 1.54) is 0 Å². The molecule has 0 aliphatic carbocycles. The number of methoxy groups -OCH3 is 1. The van der Waals surface area contributed by atoms with E-state index in [4.69, 9.17) is 9.15 Å². The van der Waals surface area contributed by atoms with Gasteiger partial charge in [-0.3, -0.25) is 4.79 Å². The van der Waals surface area contributed by atoms with Gasteiger partial charge in [0.2, 0.25) is 0 Å². The fraction of sp³-hybridized carbons (Fsp3) is 0.400. The number of carbonyl (C=O) groups excluding carboxylic acids is 1. The van der Waals surface area contributed by atoms with Crippen molar-refractivity contribution in [3.05, 3.63) is 36.1 Å². The van der Waals surface area contributed by atoms with E-state index in [0.717, 1.165) is 5.39 Å². The van der Waals surface area contributed by atoms with Gasteiger partial charge in [0.1, 0.15) is 5.58 Å². The monoisotopic (exact) mass is 277 g/mol. The normalized spacial score (nSPS) is 14.2. The van der Waals surface area contributed by atoms with Crippen LogP contribution in [0.3, 0.4) is 0 Å². The summed E-state index contributed by atoms with van der Waals surface area (Å²) in [6.07, 6.45) is 0.448. The molecule has 0 saturated heterocycles. The number of benzene rings is 1. The molecule has 5 heteroatoms. The third-order valence-electron chi connectivity index (χ3n) is 3.12. The molecule has 2 N–H and O–H groups in total. The number of hydrogen-bond donors (Lipinski definition) is 2. The van der Waals surface area contributed by atoms with Crippen molar-refractivity contribution < 1.29 is 19.1 Å². The highest BCUT2D eigenvalue weighted by Gasteiger charge is 2.22. The Morgan fingerprint density at radius 1 is 1.45 bits per heavy atom. The standard InChI is InChI=1S/C15H19NO4/c1-15(18,7-8-19-2)10-16-14(17)13-9-11-5-3-4-6-12(11)20-13/h3-6,9,18H,7-8,10H2,1-2H3,(H,16,17). The van der Waals surface area contributed by atoms with Gasteiger partial charge in [-0.15, -0.1) is 0 Å². The van der Waals surface area contributed by atoms with E-state index in [0.29, 0.717) is 18.6 Å². The Hall–Kier alpha value is -1.85. The van der Waals surface area contributed by atoms with Crippen molar-refractivity contribution in [1.29, 1.82) is 0 Å². The van der Waals surface area contributed by atoms with E-state index < -0.39 is 5.60 Å². The van der Waals surface area contributed by atoms with Crippen molar-refractivity contribution in [1.82, 2.24) is 5.32 Å². The van der Waals surface area contributed by atoms with Gasteiger partial charge < -0.3 is 19.6 Å². The minimum atomic E-state index is -1.00. The topological polar surface area (TPSA) is 71.7 Å². The van der Waals surface area contributed by atoms with Gasteiger partial charge in [-0.2, -0.15) is 0 Å². The average Bonchev–Trinajstić information content (AvgIpc) is 2.86. The van der Waals surface area contributed by atoms with Gasteiger partial charge in [-0.25, -0.2) is 0 Å². The lowest BCUT2D eigenvalue weighted by atomic mass is 10.0. The summed E-state index contributed by atoms with van der Waals surface area (Å²) in [4.78, 5) is 12.0. The Labute approximate surface area is 117 Å². The molecular formula is C15H19NO4. The van der Waals surface area contributed by atoms with E-state index in [-0.39, 0.29) is 18.2 Å². The van der Waals surface area contributed by atoms with Gasteiger partial charge in [-0.1, -0.05) is 18.2 Å². The number of aliphatic hydroxyl groups is 1. The number of nitrogens with one attached hydrogen (secondary N) is 1. The van der Waals surface area contributed by atoms with Crippen LogP contribution in [-0.4, -0.2) is 36.9 Å². The second-order valence-electron chi connectivity index (χ2n) is 5.07. The first-order chi connectivity index (χ1) is 9.52. The molecule has 2 aromatic rings. The van der Waals surface area contributed by atoms with Gasteiger partial charge in [-0.05, 0) is 19.1 Å². The molecule has 2 rings (SSSR count). The van der Waals surface area contributed by atoms with Gasteiger partial charge >= 0.3 is 0 Å². The van der Waals surface area contributed by atoms with Crippen molar-refractivity contribution in [2.75, 3.05) is 20.3 Å². The van der Waals surface area contributed by atoms with Crippen molar-refractivity contribution in [2.24, 2.45) is 0 Å². The highest BCUT2D eigenvalue weighted by Crippen LogP contribution is 2.18. The van der Waals surface area contributed by atoms with Crippen molar-refractivity contribution in [3.63, 3.8) is 0 Å². The Bertz CT molecular complexity index is 555. The van der Waals surface area contributed by atoms with Gasteiger partial charge in [0, 0.05) is 32.1 Å². The maximum Gasteiger partial charge on any atom is 0.287 e. The van der Waals surface area contributed by atoms with Crippen LogP contribution in [-0.2, 0) is 4.74 Å². The maximum absolute atomic E-state index is 12.0. The molecule has 1 amide bonds. The fourth-order valence-electron chi connectivity index (χ4n) is 1.86. The molecule has 0 spiro atoms. The predicted octanol–water partition coefficient (Wildman–Crippen LogP) is 1.95. The van der Waals surface area contributed by atoms with E-state index in [1.54, 1.807) is 26.2 Å². The van der Waals surface area contributed by atoms with Crippen molar-refractivity contribution >= 4 is 16.9 Å². The van der Waals surface area contributed by atoms with Crippen LogP contribution in [0.2, 0.25) is 0 Å². The molecule has 0 aliphatic rings. The molecule has 1 aromatic heterocycles. The van der Waals surface area contributed by atoms with E-state index in [1.807, 2.05) is 18.2 Å². The van der Waals surface area contributed by atoms with Gasteiger partial charge in [0.25, 0.3) is 5.91 Å². The fourth-order valence-corrected chi connectivity index (χ4v) is 1.86. The Balaban J connectivity index is 1.98. The Kier molecular flexibility index (Phi) is 4.42. The second kappa shape index (κ2) is 6.07. The van der Waals surface area contributed by atoms with E-state index in [2.05, 4.69) is 5.32 Å². The summed E-state index contributed by atoms with van der Waals surface area (Å²) in [6, 6.07) is 9.11. The van der Waals surface area contributed by atoms with Crippen LogP contribution in [0.15, 0.2) is 34.7 Å². The lowest BCUT2D eigenvalue weighted by molar-refractivity contribution is 0.0241. The quantitative estimate of drug-likeness (QED) is 0.846. The summed E-state index contributed by atoms with van der Waals surface area (Å²) in [5.41, 5.74) is -0.332. The highest BCUT2D eigenvalue weighted by molar-refractivity contribution is 5.96. The summed E-state index contributed by atoms with van der Waals surface area (Å²) in [5, 5.41) is 13.6. The lowest BCUT2D eigenvalue weighted by Gasteiger charge is -2.22. The van der Waals surface area contributed by atoms with Crippen LogP contribution in [0.5, 0.6) is 0 Å². The SMILES string of the molecule is COCCC(C)(O)CNC(=O)c1cc2ccccc2o1. The maximum atomic E-state index is 12.0. The van der Waals surface area contributed by atoms with Crippen LogP contribution in [0.25, 0.3) is 11.0 Å². The Morgan fingerprint density at radius 2 is 2.20 bits per heavy atom. The minimum Gasteiger partial charge on any atom is -0.451 e. The number of hydrogen-bond acceptors (Lipinski definition) is 4. The molecule has 20 heavy (non-hydrogen) atoms. The first-order valence-electron chi connectivity index (χ1n) is 6.50. The molecule has 1 aromatic carbocycles. The highest BCUT2D eigenvalue weighted by atomic mass is 16.5. The number of ether oxygens (including phenoxy) is 1. The largest absolute Gasteiger partial charge is 0.451 e. The smallest absolute Gasteiger partial charge is 0.287 e. The summed E-state index contributed by atoms with van der Waals surface area (Å²) in [7, 11) is 1.57. The van der Waals surface area contributed by atoms with Crippen LogP contribution in [0.1, 0.15) is 23.9 Å². The molecule has 0 aliphatic heterocycles. The zero-order chi connectivity index (χ0) is 14.6. The van der Waals surface area contributed by atoms with E-state index in [9.17, 15) is 9.90 Å². The first kappa shape index (κ1) is 14.6. The molecular weight excluding hydrogens is 258 g/mol. The molecule has 1 atom stereocenters. The summed E-state index contributed by atoms with van der Waals surface area (Å²) in [5.74, 6) is -0.0902. The van der Waals surface area contributed by atoms with Gasteiger partial charge in [0.05, 0.1) is 5.60 Å².